The van der Waals surface area contributed by atoms with Crippen molar-refractivity contribution >= 4 is 34.7 Å². The molecule has 126 valence electrons. The monoisotopic (exact) mass is 439 g/mol. The lowest BCUT2D eigenvalue weighted by molar-refractivity contribution is -0.137. The molecule has 0 aliphatic carbocycles. The smallest absolute Gasteiger partial charge is 0.407 e. The molecule has 0 heterocycles. The lowest BCUT2D eigenvalue weighted by atomic mass is 9.99. The van der Waals surface area contributed by atoms with Crippen LogP contribution in [0.2, 0.25) is 0 Å². The molecule has 0 fully saturated rings. The lowest BCUT2D eigenvalue weighted by Gasteiger charge is -2.19. The van der Waals surface area contributed by atoms with E-state index in [1.807, 2.05) is 55.5 Å². The number of ether oxygens (including phenoxy) is 1. The molecular weight excluding hydrogens is 421 g/mol. The molecule has 2 N–H and O–H groups in total. The number of aryl methyl sites for hydroxylation is 1. The van der Waals surface area contributed by atoms with Crippen molar-refractivity contribution in [2.45, 2.75) is 26.0 Å². The predicted molar refractivity (Wildman–Crippen MR) is 98.7 cm³/mol. The molecule has 2 aromatic rings. The van der Waals surface area contributed by atoms with Gasteiger partial charge in [-0.1, -0.05) is 36.4 Å². The molecule has 0 saturated heterocycles. The minimum atomic E-state index is -0.985. The molecule has 1 unspecified atom stereocenters. The van der Waals surface area contributed by atoms with Crippen LogP contribution in [0.4, 0.5) is 4.79 Å². The van der Waals surface area contributed by atoms with Crippen LogP contribution in [-0.2, 0) is 16.1 Å². The van der Waals surface area contributed by atoms with Crippen LogP contribution in [0.15, 0.2) is 48.5 Å². The van der Waals surface area contributed by atoms with E-state index in [9.17, 15) is 9.59 Å². The van der Waals surface area contributed by atoms with Crippen LogP contribution in [-0.4, -0.2) is 17.2 Å². The molecule has 6 heteroatoms. The number of nitrogens with one attached hydrogen (secondary N) is 1. The summed E-state index contributed by atoms with van der Waals surface area (Å²) in [5.74, 6) is -0.985. The van der Waals surface area contributed by atoms with Gasteiger partial charge in [-0.3, -0.25) is 4.79 Å². The van der Waals surface area contributed by atoms with Gasteiger partial charge in [0, 0.05) is 3.57 Å². The van der Waals surface area contributed by atoms with E-state index in [4.69, 9.17) is 9.84 Å². The van der Waals surface area contributed by atoms with Gasteiger partial charge in [-0.25, -0.2) is 4.79 Å². The Bertz CT molecular complexity index is 718. The number of rotatable bonds is 6. The highest BCUT2D eigenvalue weighted by atomic mass is 127. The lowest BCUT2D eigenvalue weighted by Crippen LogP contribution is -2.31. The summed E-state index contributed by atoms with van der Waals surface area (Å²) in [4.78, 5) is 23.2. The number of carbonyl (C=O) groups is 2. The molecule has 5 nitrogen and oxygen atoms in total. The Labute approximate surface area is 154 Å². The van der Waals surface area contributed by atoms with Crippen LogP contribution >= 0.6 is 22.6 Å². The highest BCUT2D eigenvalue weighted by Crippen LogP contribution is 2.23. The molecule has 0 bridgehead atoms. The third kappa shape index (κ3) is 5.52. The molecule has 2 rings (SSSR count). The average molecular weight is 439 g/mol. The van der Waals surface area contributed by atoms with Gasteiger partial charge in [-0.2, -0.15) is 0 Å². The Balaban J connectivity index is 2.06. The van der Waals surface area contributed by atoms with Crippen molar-refractivity contribution in [1.82, 2.24) is 5.32 Å². The van der Waals surface area contributed by atoms with E-state index in [0.29, 0.717) is 0 Å². The number of hydrogen-bond acceptors (Lipinski definition) is 3. The number of amides is 1. The fourth-order valence-electron chi connectivity index (χ4n) is 2.31. The summed E-state index contributed by atoms with van der Waals surface area (Å²) in [6.45, 7) is 2.02. The van der Waals surface area contributed by atoms with E-state index >= 15 is 0 Å². The van der Waals surface area contributed by atoms with Gasteiger partial charge in [0.25, 0.3) is 0 Å². The fraction of sp³-hybridized carbons (Fsp3) is 0.222. The number of carbonyl (C=O) groups excluding carboxylic acids is 1. The van der Waals surface area contributed by atoms with E-state index in [1.165, 1.54) is 0 Å². The highest BCUT2D eigenvalue weighted by Gasteiger charge is 2.20. The summed E-state index contributed by atoms with van der Waals surface area (Å²) < 4.78 is 6.16. The van der Waals surface area contributed by atoms with Crippen molar-refractivity contribution in [3.63, 3.8) is 0 Å². The van der Waals surface area contributed by atoms with Crippen molar-refractivity contribution in [2.75, 3.05) is 0 Å². The second-order valence-electron chi connectivity index (χ2n) is 5.36. The number of benzene rings is 2. The fourth-order valence-corrected chi connectivity index (χ4v) is 2.82. The quantitative estimate of drug-likeness (QED) is 0.667. The Morgan fingerprint density at radius 1 is 1.21 bits per heavy atom. The maximum Gasteiger partial charge on any atom is 0.407 e. The van der Waals surface area contributed by atoms with Gasteiger partial charge >= 0.3 is 12.1 Å². The first-order valence-electron chi connectivity index (χ1n) is 7.41. The maximum absolute atomic E-state index is 12.0. The summed E-state index contributed by atoms with van der Waals surface area (Å²) >= 11 is 2.16. The standard InChI is InChI=1S/C18H18INO4/c1-12-7-8-14(19)9-15(12)16(10-17(21)22)20-18(23)24-11-13-5-3-2-4-6-13/h2-9,16H,10-11H2,1H3,(H,20,23)(H,21,22). The summed E-state index contributed by atoms with van der Waals surface area (Å²) in [7, 11) is 0. The van der Waals surface area contributed by atoms with Crippen LogP contribution in [0.3, 0.4) is 0 Å². The third-order valence-electron chi connectivity index (χ3n) is 3.50. The van der Waals surface area contributed by atoms with Crippen LogP contribution in [0.1, 0.15) is 29.2 Å². The molecular formula is C18H18INO4. The van der Waals surface area contributed by atoms with Crippen molar-refractivity contribution in [3.8, 4) is 0 Å². The van der Waals surface area contributed by atoms with Gasteiger partial charge in [-0.15, -0.1) is 0 Å². The summed E-state index contributed by atoms with van der Waals surface area (Å²) in [6.07, 6.45) is -0.843. The zero-order valence-electron chi connectivity index (χ0n) is 13.2. The van der Waals surface area contributed by atoms with Gasteiger partial charge in [-0.05, 0) is 58.3 Å². The molecule has 2 aromatic carbocycles. The van der Waals surface area contributed by atoms with Crippen LogP contribution in [0, 0.1) is 10.5 Å². The topological polar surface area (TPSA) is 75.6 Å². The van der Waals surface area contributed by atoms with Crippen LogP contribution in [0.5, 0.6) is 0 Å². The van der Waals surface area contributed by atoms with Crippen molar-refractivity contribution in [1.29, 1.82) is 0 Å². The first-order chi connectivity index (χ1) is 11.5. The molecule has 1 atom stereocenters. The average Bonchev–Trinajstić information content (AvgIpc) is 2.55. The molecule has 0 aliphatic heterocycles. The van der Waals surface area contributed by atoms with Gasteiger partial charge in [0.2, 0.25) is 0 Å². The number of hydrogen-bond donors (Lipinski definition) is 2. The largest absolute Gasteiger partial charge is 0.481 e. The van der Waals surface area contributed by atoms with Gasteiger partial charge in [0.1, 0.15) is 6.61 Å². The van der Waals surface area contributed by atoms with Crippen molar-refractivity contribution in [3.05, 3.63) is 68.8 Å². The number of carboxylic acids is 1. The van der Waals surface area contributed by atoms with Crippen LogP contribution in [0.25, 0.3) is 0 Å². The van der Waals surface area contributed by atoms with E-state index in [2.05, 4.69) is 27.9 Å². The molecule has 0 radical (unpaired) electrons. The highest BCUT2D eigenvalue weighted by molar-refractivity contribution is 14.1. The second-order valence-corrected chi connectivity index (χ2v) is 6.60. The van der Waals surface area contributed by atoms with Crippen LogP contribution < -0.4 is 5.32 Å². The number of carboxylic acid groups (broad SMARTS) is 1. The van der Waals surface area contributed by atoms with E-state index in [1.54, 1.807) is 0 Å². The third-order valence-corrected chi connectivity index (χ3v) is 4.17. The first-order valence-corrected chi connectivity index (χ1v) is 8.48. The zero-order valence-corrected chi connectivity index (χ0v) is 15.3. The zero-order chi connectivity index (χ0) is 17.5. The number of halogens is 1. The maximum atomic E-state index is 12.0. The van der Waals surface area contributed by atoms with Gasteiger partial charge in [0.15, 0.2) is 0 Å². The number of aliphatic carboxylic acids is 1. The summed E-state index contributed by atoms with van der Waals surface area (Å²) in [5, 5.41) is 11.8. The predicted octanol–water partition coefficient (Wildman–Crippen LogP) is 4.04. The molecule has 1 amide bonds. The Morgan fingerprint density at radius 3 is 2.58 bits per heavy atom. The molecule has 0 saturated carbocycles. The summed E-state index contributed by atoms with van der Waals surface area (Å²) in [5.41, 5.74) is 2.57. The SMILES string of the molecule is Cc1ccc(I)cc1C(CC(=O)O)NC(=O)OCc1ccccc1. The molecule has 24 heavy (non-hydrogen) atoms. The Morgan fingerprint density at radius 2 is 1.92 bits per heavy atom. The van der Waals surface area contributed by atoms with Crippen molar-refractivity contribution in [2.24, 2.45) is 0 Å². The minimum Gasteiger partial charge on any atom is -0.481 e. The normalized spacial score (nSPS) is 11.6. The van der Waals surface area contributed by atoms with Gasteiger partial charge < -0.3 is 15.2 Å². The molecule has 0 aromatic heterocycles. The Kier molecular flexibility index (Phi) is 6.60. The summed E-state index contributed by atoms with van der Waals surface area (Å²) in [6, 6.07) is 14.4. The van der Waals surface area contributed by atoms with Gasteiger partial charge in [0.05, 0.1) is 12.5 Å². The number of alkyl carbamates (subject to hydrolysis) is 1. The Hall–Kier alpha value is -2.09. The van der Waals surface area contributed by atoms with E-state index in [0.717, 1.165) is 20.3 Å². The van der Waals surface area contributed by atoms with Crippen molar-refractivity contribution < 1.29 is 19.4 Å². The van der Waals surface area contributed by atoms with E-state index < -0.39 is 18.1 Å². The second kappa shape index (κ2) is 8.68. The molecule has 0 spiro atoms. The van der Waals surface area contributed by atoms with E-state index in [-0.39, 0.29) is 13.0 Å². The first kappa shape index (κ1) is 18.3. The molecule has 0 aliphatic rings. The minimum absolute atomic E-state index is 0.137.